The van der Waals surface area contributed by atoms with E-state index in [-0.39, 0.29) is 13.1 Å². The van der Waals surface area contributed by atoms with Gasteiger partial charge in [-0.2, -0.15) is 0 Å². The Bertz CT molecular complexity index is 115. The van der Waals surface area contributed by atoms with Gasteiger partial charge in [-0.15, -0.1) is 0 Å². The van der Waals surface area contributed by atoms with Crippen molar-refractivity contribution in [2.24, 2.45) is 0 Å². The van der Waals surface area contributed by atoms with Crippen molar-refractivity contribution >= 4 is 0 Å². The Kier molecular flexibility index (Phi) is 11.7. The smallest absolute Gasteiger partial charge is 0.238 e. The van der Waals surface area contributed by atoms with Gasteiger partial charge in [0.1, 0.15) is 0 Å². The molecule has 0 heterocycles. The van der Waals surface area contributed by atoms with Crippen LogP contribution in [-0.2, 0) is 0 Å². The fourth-order valence-electron chi connectivity index (χ4n) is 1.63. The van der Waals surface area contributed by atoms with Crippen molar-refractivity contribution in [3.05, 3.63) is 0 Å². The lowest BCUT2D eigenvalue weighted by atomic mass is 10.1. The van der Waals surface area contributed by atoms with Gasteiger partial charge in [0.2, 0.25) is 6.43 Å². The quantitative estimate of drug-likeness (QED) is 0.427. The highest BCUT2D eigenvalue weighted by Gasteiger charge is 2.00. The molecule has 0 spiro atoms. The first-order valence-electron chi connectivity index (χ1n) is 6.11. The van der Waals surface area contributed by atoms with E-state index < -0.39 is 6.43 Å². The van der Waals surface area contributed by atoms with Gasteiger partial charge in [-0.25, -0.2) is 8.78 Å². The van der Waals surface area contributed by atoms with Gasteiger partial charge < -0.3 is 0 Å². The number of alkyl halides is 3. The standard InChI is InChI=1S/C12H23F3/c13-11-9-7-5-3-1-2-4-6-8-10-12(14)15/h12H,1-11H2. The lowest BCUT2D eigenvalue weighted by Crippen LogP contribution is -1.89. The molecule has 0 rings (SSSR count). The Morgan fingerprint density at radius 3 is 1.40 bits per heavy atom. The molecule has 0 atom stereocenters. The van der Waals surface area contributed by atoms with Crippen LogP contribution >= 0.6 is 0 Å². The van der Waals surface area contributed by atoms with E-state index in [9.17, 15) is 13.2 Å². The lowest BCUT2D eigenvalue weighted by Gasteiger charge is -2.01. The molecule has 3 heteroatoms. The van der Waals surface area contributed by atoms with E-state index in [1.165, 1.54) is 6.42 Å². The van der Waals surface area contributed by atoms with Crippen LogP contribution in [0.25, 0.3) is 0 Å². The molecule has 0 radical (unpaired) electrons. The minimum Gasteiger partial charge on any atom is -0.251 e. The molecule has 0 aromatic rings. The molecule has 0 saturated heterocycles. The first kappa shape index (κ1) is 14.8. The van der Waals surface area contributed by atoms with Crippen LogP contribution in [0.15, 0.2) is 0 Å². The first-order chi connectivity index (χ1) is 7.27. The molecule has 0 bridgehead atoms. The third-order valence-electron chi connectivity index (χ3n) is 2.56. The summed E-state index contributed by atoms with van der Waals surface area (Å²) >= 11 is 0. The van der Waals surface area contributed by atoms with Gasteiger partial charge in [-0.3, -0.25) is 4.39 Å². The van der Waals surface area contributed by atoms with Crippen molar-refractivity contribution in [2.75, 3.05) is 6.67 Å². The topological polar surface area (TPSA) is 0 Å². The molecule has 92 valence electrons. The number of hydrogen-bond acceptors (Lipinski definition) is 0. The maximum Gasteiger partial charge on any atom is 0.238 e. The molecule has 0 nitrogen and oxygen atoms in total. The van der Waals surface area contributed by atoms with Gasteiger partial charge >= 0.3 is 0 Å². The fraction of sp³-hybridized carbons (Fsp3) is 1.00. The predicted molar refractivity (Wildman–Crippen MR) is 58.1 cm³/mol. The Morgan fingerprint density at radius 1 is 0.600 bits per heavy atom. The van der Waals surface area contributed by atoms with Crippen molar-refractivity contribution in [1.82, 2.24) is 0 Å². The van der Waals surface area contributed by atoms with Gasteiger partial charge in [0.15, 0.2) is 0 Å². The summed E-state index contributed by atoms with van der Waals surface area (Å²) < 4.78 is 35.2. The maximum atomic E-state index is 11.8. The average Bonchev–Trinajstić information content (AvgIpc) is 2.20. The van der Waals surface area contributed by atoms with Crippen LogP contribution in [0.4, 0.5) is 13.2 Å². The van der Waals surface area contributed by atoms with Crippen molar-refractivity contribution < 1.29 is 13.2 Å². The van der Waals surface area contributed by atoms with Crippen LogP contribution < -0.4 is 0 Å². The Morgan fingerprint density at radius 2 is 1.00 bits per heavy atom. The second-order valence-corrected chi connectivity index (χ2v) is 4.05. The van der Waals surface area contributed by atoms with E-state index in [0.29, 0.717) is 12.8 Å². The Balaban J connectivity index is 2.87. The van der Waals surface area contributed by atoms with Crippen molar-refractivity contribution in [3.8, 4) is 0 Å². The largest absolute Gasteiger partial charge is 0.251 e. The molecule has 0 aliphatic rings. The van der Waals surface area contributed by atoms with E-state index >= 15 is 0 Å². The third kappa shape index (κ3) is 13.8. The highest BCUT2D eigenvalue weighted by Crippen LogP contribution is 2.12. The summed E-state index contributed by atoms with van der Waals surface area (Å²) in [6, 6.07) is 0. The molecule has 15 heavy (non-hydrogen) atoms. The minimum atomic E-state index is -2.13. The van der Waals surface area contributed by atoms with E-state index in [4.69, 9.17) is 0 Å². The lowest BCUT2D eigenvalue weighted by molar-refractivity contribution is 0.133. The normalized spacial score (nSPS) is 11.2. The molecular formula is C12H23F3. The average molecular weight is 224 g/mol. The van der Waals surface area contributed by atoms with Crippen LogP contribution in [0.5, 0.6) is 0 Å². The summed E-state index contributed by atoms with van der Waals surface area (Å²) in [7, 11) is 0. The van der Waals surface area contributed by atoms with Gasteiger partial charge in [-0.1, -0.05) is 44.9 Å². The summed E-state index contributed by atoms with van der Waals surface area (Å²) in [4.78, 5) is 0. The predicted octanol–water partition coefficient (Wildman–Crippen LogP) is 5.12. The van der Waals surface area contributed by atoms with E-state index in [2.05, 4.69) is 0 Å². The summed E-state index contributed by atoms with van der Waals surface area (Å²) in [6.45, 7) is -0.201. The highest BCUT2D eigenvalue weighted by atomic mass is 19.3. The third-order valence-corrected chi connectivity index (χ3v) is 2.56. The van der Waals surface area contributed by atoms with E-state index in [1.807, 2.05) is 0 Å². The maximum absolute atomic E-state index is 11.8. The number of halogens is 3. The molecule has 0 aromatic carbocycles. The van der Waals surface area contributed by atoms with Crippen molar-refractivity contribution in [2.45, 2.75) is 70.6 Å². The highest BCUT2D eigenvalue weighted by molar-refractivity contribution is 4.48. The number of rotatable bonds is 11. The summed E-state index contributed by atoms with van der Waals surface area (Å²) in [6.07, 6.45) is 6.82. The molecule has 0 amide bonds. The van der Waals surface area contributed by atoms with Crippen LogP contribution in [0.2, 0.25) is 0 Å². The van der Waals surface area contributed by atoms with Crippen LogP contribution in [0.1, 0.15) is 64.2 Å². The molecule has 0 unspecified atom stereocenters. The Labute approximate surface area is 91.3 Å². The van der Waals surface area contributed by atoms with Crippen molar-refractivity contribution in [1.29, 1.82) is 0 Å². The van der Waals surface area contributed by atoms with Crippen molar-refractivity contribution in [3.63, 3.8) is 0 Å². The molecule has 0 aromatic heterocycles. The molecule has 0 aliphatic heterocycles. The second-order valence-electron chi connectivity index (χ2n) is 4.05. The zero-order valence-corrected chi connectivity index (χ0v) is 9.49. The van der Waals surface area contributed by atoms with Gasteiger partial charge in [0.25, 0.3) is 0 Å². The monoisotopic (exact) mass is 224 g/mol. The molecule has 0 aliphatic carbocycles. The van der Waals surface area contributed by atoms with Gasteiger partial charge in [0.05, 0.1) is 6.67 Å². The summed E-state index contributed by atoms with van der Waals surface area (Å²) in [5.41, 5.74) is 0. The van der Waals surface area contributed by atoms with Crippen LogP contribution in [0.3, 0.4) is 0 Å². The van der Waals surface area contributed by atoms with Crippen LogP contribution in [0, 0.1) is 0 Å². The summed E-state index contributed by atoms with van der Waals surface area (Å²) in [5, 5.41) is 0. The molecular weight excluding hydrogens is 201 g/mol. The fourth-order valence-corrected chi connectivity index (χ4v) is 1.63. The zero-order valence-electron chi connectivity index (χ0n) is 9.49. The van der Waals surface area contributed by atoms with E-state index in [1.54, 1.807) is 0 Å². The number of hydrogen-bond donors (Lipinski definition) is 0. The Hall–Kier alpha value is -0.210. The summed E-state index contributed by atoms with van der Waals surface area (Å²) in [5.74, 6) is 0. The zero-order chi connectivity index (χ0) is 11.4. The van der Waals surface area contributed by atoms with Gasteiger partial charge in [-0.05, 0) is 12.8 Å². The SMILES string of the molecule is FCCCCCCCCCCCC(F)F. The van der Waals surface area contributed by atoms with E-state index in [0.717, 1.165) is 38.5 Å². The minimum absolute atomic E-state index is 0.0521. The molecule has 0 fully saturated rings. The first-order valence-corrected chi connectivity index (χ1v) is 6.11. The molecule has 0 N–H and O–H groups in total. The number of unbranched alkanes of at least 4 members (excludes halogenated alkanes) is 8. The molecule has 0 saturated carbocycles. The van der Waals surface area contributed by atoms with Crippen LogP contribution in [-0.4, -0.2) is 13.1 Å². The van der Waals surface area contributed by atoms with Gasteiger partial charge in [0, 0.05) is 6.42 Å². The second kappa shape index (κ2) is 11.9.